The Labute approximate surface area is 228 Å². The number of benzene rings is 1. The lowest BCUT2D eigenvalue weighted by Gasteiger charge is -2.28. The lowest BCUT2D eigenvalue weighted by Crippen LogP contribution is -2.26. The highest BCUT2D eigenvalue weighted by atomic mass is 32.2. The fourth-order valence-corrected chi connectivity index (χ4v) is 5.83. The third kappa shape index (κ3) is 5.32. The number of thioether (sulfide) groups is 1. The van der Waals surface area contributed by atoms with Gasteiger partial charge in [0.2, 0.25) is 5.88 Å². The van der Waals surface area contributed by atoms with Crippen LogP contribution in [0.15, 0.2) is 52.1 Å². The maximum Gasteiger partial charge on any atom is 0.418 e. The Kier molecular flexibility index (Phi) is 7.94. The topological polar surface area (TPSA) is 122 Å². The molecule has 1 aliphatic heterocycles. The minimum absolute atomic E-state index is 0.00348. The van der Waals surface area contributed by atoms with Gasteiger partial charge in [-0.05, 0) is 41.9 Å². The van der Waals surface area contributed by atoms with Crippen molar-refractivity contribution < 1.29 is 27.4 Å². The smallest absolute Gasteiger partial charge is 0.418 e. The van der Waals surface area contributed by atoms with E-state index >= 15 is 0 Å². The number of aryl methyl sites for hydroxylation is 1. The number of nitrogens with zero attached hydrogens (tertiary/aromatic N) is 3. The Morgan fingerprint density at radius 1 is 1.23 bits per heavy atom. The normalized spacial score (nSPS) is 17.0. The first-order valence-electron chi connectivity index (χ1n) is 12.2. The third-order valence-corrected chi connectivity index (χ3v) is 7.74. The van der Waals surface area contributed by atoms with E-state index in [1.807, 2.05) is 32.0 Å². The molecule has 7 nitrogen and oxygen atoms in total. The summed E-state index contributed by atoms with van der Waals surface area (Å²) in [4.78, 5) is 17.4. The van der Waals surface area contributed by atoms with Crippen molar-refractivity contribution >= 4 is 17.7 Å². The van der Waals surface area contributed by atoms with Gasteiger partial charge in [0.05, 0.1) is 35.5 Å². The number of nitrogens with two attached hydrogens (primary N) is 1. The fourth-order valence-electron chi connectivity index (χ4n) is 4.88. The standard InChI is InChI=1S/C28H25F3N4O3S/c1-14(2)15-7-9-16(10-8-15)22-18(11-32)25(34)38-21(23(22)27(36)37-3)13-39-26-19(12-33)24(28(29,30)31)17-5-4-6-20(17)35-26/h7-10,14,22H,4-6,13,34H2,1-3H3. The number of nitriles is 2. The molecule has 4 rings (SSSR count). The number of alkyl halides is 3. The number of carbonyl (C=O) groups excluding carboxylic acids is 1. The van der Waals surface area contributed by atoms with E-state index in [0.717, 1.165) is 17.3 Å². The number of esters is 1. The predicted molar refractivity (Wildman–Crippen MR) is 137 cm³/mol. The van der Waals surface area contributed by atoms with E-state index in [1.165, 1.54) is 7.11 Å². The Hall–Kier alpha value is -3.96. The molecule has 2 aromatic rings. The number of allylic oxidation sites excluding steroid dienone is 1. The van der Waals surface area contributed by atoms with E-state index in [4.69, 9.17) is 15.2 Å². The van der Waals surface area contributed by atoms with Crippen LogP contribution in [-0.4, -0.2) is 23.8 Å². The van der Waals surface area contributed by atoms with Gasteiger partial charge in [0.25, 0.3) is 0 Å². The molecule has 202 valence electrons. The van der Waals surface area contributed by atoms with Crippen molar-refractivity contribution in [3.8, 4) is 12.1 Å². The molecule has 1 aromatic carbocycles. The molecule has 0 radical (unpaired) electrons. The van der Waals surface area contributed by atoms with Gasteiger partial charge in [0.1, 0.15) is 28.5 Å². The highest BCUT2D eigenvalue weighted by molar-refractivity contribution is 7.99. The lowest BCUT2D eigenvalue weighted by molar-refractivity contribution is -0.138. The maximum absolute atomic E-state index is 14.0. The minimum atomic E-state index is -4.72. The number of carbonyl (C=O) groups is 1. The van der Waals surface area contributed by atoms with Crippen LogP contribution in [0.25, 0.3) is 0 Å². The second-order valence-corrected chi connectivity index (χ2v) is 10.4. The molecule has 2 heterocycles. The molecule has 0 saturated heterocycles. The molecule has 0 spiro atoms. The summed E-state index contributed by atoms with van der Waals surface area (Å²) >= 11 is 0.835. The molecule has 0 bridgehead atoms. The molecule has 0 fully saturated rings. The van der Waals surface area contributed by atoms with E-state index in [1.54, 1.807) is 18.2 Å². The summed E-state index contributed by atoms with van der Waals surface area (Å²) in [6.45, 7) is 4.06. The SMILES string of the molecule is COC(=O)C1=C(CSc2nc3c(c(C(F)(F)F)c2C#N)CCC3)OC(N)=C(C#N)C1c1ccc(C(C)C)cc1. The number of hydrogen-bond acceptors (Lipinski definition) is 8. The van der Waals surface area contributed by atoms with Crippen LogP contribution in [0.1, 0.15) is 65.6 Å². The Morgan fingerprint density at radius 2 is 1.92 bits per heavy atom. The molecule has 1 aromatic heterocycles. The first-order chi connectivity index (χ1) is 18.5. The number of methoxy groups -OCH3 is 1. The number of ether oxygens (including phenoxy) is 2. The van der Waals surface area contributed by atoms with Crippen molar-refractivity contribution in [1.29, 1.82) is 10.5 Å². The van der Waals surface area contributed by atoms with Gasteiger partial charge in [-0.1, -0.05) is 49.9 Å². The van der Waals surface area contributed by atoms with E-state index in [2.05, 4.69) is 4.98 Å². The van der Waals surface area contributed by atoms with Crippen LogP contribution in [0.3, 0.4) is 0 Å². The number of rotatable bonds is 6. The summed E-state index contributed by atoms with van der Waals surface area (Å²) in [6.07, 6.45) is -3.63. The van der Waals surface area contributed by atoms with Crippen LogP contribution < -0.4 is 5.73 Å². The second-order valence-electron chi connectivity index (χ2n) is 9.42. The van der Waals surface area contributed by atoms with Crippen molar-refractivity contribution in [3.63, 3.8) is 0 Å². The monoisotopic (exact) mass is 554 g/mol. The van der Waals surface area contributed by atoms with Crippen LogP contribution >= 0.6 is 11.8 Å². The lowest BCUT2D eigenvalue weighted by atomic mass is 9.82. The highest BCUT2D eigenvalue weighted by Crippen LogP contribution is 2.44. The van der Waals surface area contributed by atoms with Crippen molar-refractivity contribution in [1.82, 2.24) is 4.98 Å². The number of hydrogen-bond donors (Lipinski definition) is 1. The number of fused-ring (bicyclic) bond motifs is 1. The molecule has 0 amide bonds. The van der Waals surface area contributed by atoms with Gasteiger partial charge in [-0.15, -0.1) is 0 Å². The largest absolute Gasteiger partial charge is 0.466 e. The Balaban J connectivity index is 1.80. The van der Waals surface area contributed by atoms with Crippen molar-refractivity contribution in [3.05, 3.63) is 80.6 Å². The Morgan fingerprint density at radius 3 is 2.49 bits per heavy atom. The van der Waals surface area contributed by atoms with Crippen molar-refractivity contribution in [2.24, 2.45) is 5.73 Å². The quantitative estimate of drug-likeness (QED) is 0.361. The van der Waals surface area contributed by atoms with E-state index in [-0.39, 0.29) is 51.5 Å². The van der Waals surface area contributed by atoms with Crippen LogP contribution in [0.5, 0.6) is 0 Å². The summed E-state index contributed by atoms with van der Waals surface area (Å²) in [5, 5.41) is 19.4. The first kappa shape index (κ1) is 28.1. The van der Waals surface area contributed by atoms with Crippen LogP contribution in [-0.2, 0) is 33.3 Å². The second kappa shape index (κ2) is 11.0. The molecule has 0 saturated carbocycles. The van der Waals surface area contributed by atoms with Gasteiger partial charge in [-0.3, -0.25) is 0 Å². The average Bonchev–Trinajstić information content (AvgIpc) is 3.37. The average molecular weight is 555 g/mol. The molecule has 11 heteroatoms. The summed E-state index contributed by atoms with van der Waals surface area (Å²) < 4.78 is 52.7. The van der Waals surface area contributed by atoms with Gasteiger partial charge in [-0.25, -0.2) is 9.78 Å². The number of pyridine rings is 1. The molecule has 1 atom stereocenters. The van der Waals surface area contributed by atoms with Gasteiger partial charge in [0, 0.05) is 5.69 Å². The van der Waals surface area contributed by atoms with Crippen molar-refractivity contribution in [2.75, 3.05) is 12.9 Å². The van der Waals surface area contributed by atoms with E-state index in [9.17, 15) is 28.5 Å². The molecular weight excluding hydrogens is 529 g/mol. The molecule has 1 aliphatic carbocycles. The molecule has 2 N–H and O–H groups in total. The fraction of sp³-hybridized carbons (Fsp3) is 0.357. The zero-order chi connectivity index (χ0) is 28.5. The van der Waals surface area contributed by atoms with Crippen LogP contribution in [0.2, 0.25) is 0 Å². The number of aromatic nitrogens is 1. The van der Waals surface area contributed by atoms with Gasteiger partial charge in [0.15, 0.2) is 0 Å². The van der Waals surface area contributed by atoms with Gasteiger partial charge >= 0.3 is 12.1 Å². The summed E-state index contributed by atoms with van der Waals surface area (Å²) in [5.41, 5.74) is 6.59. The minimum Gasteiger partial charge on any atom is -0.466 e. The van der Waals surface area contributed by atoms with Crippen molar-refractivity contribution in [2.45, 2.75) is 56.1 Å². The summed E-state index contributed by atoms with van der Waals surface area (Å²) in [7, 11) is 1.18. The van der Waals surface area contributed by atoms with Crippen LogP contribution in [0, 0.1) is 22.7 Å². The molecular formula is C28H25F3N4O3S. The first-order valence-corrected chi connectivity index (χ1v) is 13.1. The van der Waals surface area contributed by atoms with Gasteiger partial charge < -0.3 is 15.2 Å². The molecule has 39 heavy (non-hydrogen) atoms. The predicted octanol–water partition coefficient (Wildman–Crippen LogP) is 5.61. The van der Waals surface area contributed by atoms with Gasteiger partial charge in [-0.2, -0.15) is 23.7 Å². The molecule has 1 unspecified atom stereocenters. The number of halogens is 3. The third-order valence-electron chi connectivity index (χ3n) is 6.76. The molecule has 2 aliphatic rings. The van der Waals surface area contributed by atoms with Crippen LogP contribution in [0.4, 0.5) is 13.2 Å². The zero-order valence-corrected chi connectivity index (χ0v) is 22.3. The zero-order valence-electron chi connectivity index (χ0n) is 21.5. The van der Waals surface area contributed by atoms with E-state index in [0.29, 0.717) is 24.1 Å². The highest BCUT2D eigenvalue weighted by Gasteiger charge is 2.41. The maximum atomic E-state index is 14.0. The van der Waals surface area contributed by atoms with E-state index < -0.39 is 29.2 Å². The summed E-state index contributed by atoms with van der Waals surface area (Å²) in [5.74, 6) is -1.83. The Bertz CT molecular complexity index is 1470. The summed E-state index contributed by atoms with van der Waals surface area (Å²) in [6, 6.07) is 11.0.